The minimum absolute atomic E-state index is 0.00416. The fraction of sp³-hybridized carbons (Fsp3) is 0.200. The van der Waals surface area contributed by atoms with Gasteiger partial charge in [0.05, 0.1) is 0 Å². The van der Waals surface area contributed by atoms with Crippen LogP contribution in [0, 0.1) is 18.6 Å². The molecule has 3 N–H and O–H groups in total. The molecular formula is C15H14F2N4O4S. The Morgan fingerprint density at radius 2 is 2.04 bits per heavy atom. The van der Waals surface area contributed by atoms with Crippen molar-refractivity contribution in [1.29, 1.82) is 0 Å². The summed E-state index contributed by atoms with van der Waals surface area (Å²) >= 11 is 0. The summed E-state index contributed by atoms with van der Waals surface area (Å²) in [5, 5.41) is 12.8. The van der Waals surface area contributed by atoms with Gasteiger partial charge in [-0.3, -0.25) is 4.79 Å². The van der Waals surface area contributed by atoms with E-state index >= 15 is 0 Å². The molecule has 0 saturated carbocycles. The van der Waals surface area contributed by atoms with Crippen LogP contribution in [0.25, 0.3) is 0 Å². The van der Waals surface area contributed by atoms with E-state index in [1.54, 1.807) is 11.6 Å². The van der Waals surface area contributed by atoms with E-state index in [1.165, 1.54) is 12.3 Å². The molecule has 0 aliphatic carbocycles. The number of carbonyl (C=O) groups is 1. The van der Waals surface area contributed by atoms with E-state index < -0.39 is 45.7 Å². The SMILES string of the molecule is Cc1cnc(NCc2cc(O)c(N3CC(=O)NS3(=O)=O)c(F)c2)cc1F. The van der Waals surface area contributed by atoms with Gasteiger partial charge in [-0.15, -0.1) is 0 Å². The minimum Gasteiger partial charge on any atom is -0.506 e. The number of aromatic hydroxyl groups is 1. The zero-order valence-corrected chi connectivity index (χ0v) is 14.3. The average Bonchev–Trinajstić information content (AvgIpc) is 2.80. The van der Waals surface area contributed by atoms with Crippen LogP contribution in [0.15, 0.2) is 24.4 Å². The molecule has 2 aromatic rings. The molecule has 8 nitrogen and oxygen atoms in total. The van der Waals surface area contributed by atoms with Crippen LogP contribution in [0.3, 0.4) is 0 Å². The zero-order valence-electron chi connectivity index (χ0n) is 13.5. The number of nitrogens with zero attached hydrogens (tertiary/aromatic N) is 2. The normalized spacial score (nSPS) is 15.8. The Hall–Kier alpha value is -2.95. The number of nitrogens with one attached hydrogen (secondary N) is 2. The summed E-state index contributed by atoms with van der Waals surface area (Å²) in [6.07, 6.45) is 1.33. The van der Waals surface area contributed by atoms with Gasteiger partial charge in [0.25, 0.3) is 5.91 Å². The van der Waals surface area contributed by atoms with E-state index in [-0.39, 0.29) is 17.9 Å². The lowest BCUT2D eigenvalue weighted by Gasteiger charge is -2.18. The number of benzene rings is 1. The minimum atomic E-state index is -4.24. The highest BCUT2D eigenvalue weighted by Crippen LogP contribution is 2.34. The second-order valence-electron chi connectivity index (χ2n) is 5.65. The number of carbonyl (C=O) groups excluding carboxylic acids is 1. The molecular weight excluding hydrogens is 370 g/mol. The predicted octanol–water partition coefficient (Wildman–Crippen LogP) is 1.17. The summed E-state index contributed by atoms with van der Waals surface area (Å²) in [4.78, 5) is 15.2. The van der Waals surface area contributed by atoms with Gasteiger partial charge in [0.2, 0.25) is 0 Å². The molecule has 0 radical (unpaired) electrons. The topological polar surface area (TPSA) is 112 Å². The number of hydrogen-bond donors (Lipinski definition) is 3. The van der Waals surface area contributed by atoms with Crippen molar-refractivity contribution in [2.24, 2.45) is 0 Å². The summed E-state index contributed by atoms with van der Waals surface area (Å²) in [5.41, 5.74) is 0.0209. The summed E-state index contributed by atoms with van der Waals surface area (Å²) in [6, 6.07) is 3.33. The second kappa shape index (κ2) is 6.41. The molecule has 0 atom stereocenters. The van der Waals surface area contributed by atoms with Crippen molar-refractivity contribution < 1.29 is 27.1 Å². The Morgan fingerprint density at radius 1 is 1.31 bits per heavy atom. The highest BCUT2D eigenvalue weighted by atomic mass is 32.2. The van der Waals surface area contributed by atoms with Crippen LogP contribution in [0.2, 0.25) is 0 Å². The molecule has 1 saturated heterocycles. The van der Waals surface area contributed by atoms with Crippen molar-refractivity contribution in [2.45, 2.75) is 13.5 Å². The number of rotatable bonds is 4. The predicted molar refractivity (Wildman–Crippen MR) is 88.7 cm³/mol. The highest BCUT2D eigenvalue weighted by Gasteiger charge is 2.37. The zero-order chi connectivity index (χ0) is 19.1. The van der Waals surface area contributed by atoms with Crippen LogP contribution in [0.4, 0.5) is 20.3 Å². The molecule has 1 aliphatic rings. The first-order valence-corrected chi connectivity index (χ1v) is 8.82. The molecule has 2 heterocycles. The number of aryl methyl sites for hydroxylation is 1. The molecule has 1 aromatic heterocycles. The van der Waals surface area contributed by atoms with Crippen LogP contribution in [-0.4, -0.2) is 31.0 Å². The van der Waals surface area contributed by atoms with Crippen molar-refractivity contribution in [3.63, 3.8) is 0 Å². The number of pyridine rings is 1. The van der Waals surface area contributed by atoms with Gasteiger partial charge in [-0.2, -0.15) is 8.42 Å². The molecule has 11 heteroatoms. The Kier molecular flexibility index (Phi) is 4.40. The lowest BCUT2D eigenvalue weighted by atomic mass is 10.1. The Labute approximate surface area is 147 Å². The monoisotopic (exact) mass is 384 g/mol. The summed E-state index contributed by atoms with van der Waals surface area (Å²) in [5.74, 6) is -2.74. The lowest BCUT2D eigenvalue weighted by molar-refractivity contribution is -0.117. The quantitative estimate of drug-likeness (QED) is 0.730. The van der Waals surface area contributed by atoms with E-state index in [1.807, 2.05) is 0 Å². The van der Waals surface area contributed by atoms with Crippen LogP contribution < -0.4 is 14.3 Å². The number of aromatic nitrogens is 1. The molecule has 0 unspecified atom stereocenters. The van der Waals surface area contributed by atoms with E-state index in [0.717, 1.165) is 12.1 Å². The maximum atomic E-state index is 14.4. The van der Waals surface area contributed by atoms with Gasteiger partial charge >= 0.3 is 10.2 Å². The maximum absolute atomic E-state index is 14.4. The van der Waals surface area contributed by atoms with Crippen molar-refractivity contribution in [3.8, 4) is 5.75 Å². The number of amides is 1. The number of phenolic OH excluding ortho intramolecular Hbond substituents is 1. The summed E-state index contributed by atoms with van der Waals surface area (Å²) in [6.45, 7) is 0.936. The van der Waals surface area contributed by atoms with E-state index in [0.29, 0.717) is 9.87 Å². The number of hydrogen-bond acceptors (Lipinski definition) is 6. The van der Waals surface area contributed by atoms with Crippen LogP contribution in [-0.2, 0) is 21.5 Å². The van der Waals surface area contributed by atoms with E-state index in [9.17, 15) is 27.1 Å². The van der Waals surface area contributed by atoms with E-state index in [2.05, 4.69) is 10.3 Å². The van der Waals surface area contributed by atoms with Crippen LogP contribution >= 0.6 is 0 Å². The Balaban J connectivity index is 1.83. The first kappa shape index (κ1) is 17.9. The maximum Gasteiger partial charge on any atom is 0.326 e. The molecule has 1 amide bonds. The molecule has 3 rings (SSSR count). The van der Waals surface area contributed by atoms with Gasteiger partial charge in [-0.05, 0) is 24.6 Å². The van der Waals surface area contributed by atoms with Gasteiger partial charge in [0.1, 0.15) is 29.6 Å². The summed E-state index contributed by atoms with van der Waals surface area (Å²) < 4.78 is 53.6. The lowest BCUT2D eigenvalue weighted by Crippen LogP contribution is -2.30. The number of phenols is 1. The van der Waals surface area contributed by atoms with Crippen LogP contribution in [0.5, 0.6) is 5.75 Å². The van der Waals surface area contributed by atoms with Gasteiger partial charge in [0, 0.05) is 24.4 Å². The molecule has 1 aliphatic heterocycles. The van der Waals surface area contributed by atoms with Crippen molar-refractivity contribution in [1.82, 2.24) is 9.71 Å². The fourth-order valence-electron chi connectivity index (χ4n) is 2.42. The highest BCUT2D eigenvalue weighted by molar-refractivity contribution is 7.92. The Bertz CT molecular complexity index is 974. The smallest absolute Gasteiger partial charge is 0.326 e. The van der Waals surface area contributed by atoms with Gasteiger partial charge in [0.15, 0.2) is 5.82 Å². The van der Waals surface area contributed by atoms with E-state index in [4.69, 9.17) is 0 Å². The largest absolute Gasteiger partial charge is 0.506 e. The molecule has 1 fully saturated rings. The third-order valence-electron chi connectivity index (χ3n) is 3.68. The standard InChI is InChI=1S/C15H14F2N4O4S/c1-8-5-18-13(4-10(8)16)19-6-9-2-11(17)15(12(22)3-9)21-7-14(23)20-26(21,24)25/h2-5,22H,6-7H2,1H3,(H,18,19)(H,20,23). The Morgan fingerprint density at radius 3 is 2.62 bits per heavy atom. The van der Waals surface area contributed by atoms with Crippen LogP contribution in [0.1, 0.15) is 11.1 Å². The molecule has 1 aromatic carbocycles. The fourth-order valence-corrected chi connectivity index (χ4v) is 3.59. The molecule has 26 heavy (non-hydrogen) atoms. The third kappa shape index (κ3) is 3.38. The first-order chi connectivity index (χ1) is 12.2. The molecule has 138 valence electrons. The van der Waals surface area contributed by atoms with Crippen molar-refractivity contribution in [3.05, 3.63) is 47.2 Å². The number of halogens is 2. The number of anilines is 2. The van der Waals surface area contributed by atoms with Gasteiger partial charge < -0.3 is 10.4 Å². The van der Waals surface area contributed by atoms with Crippen molar-refractivity contribution in [2.75, 3.05) is 16.2 Å². The molecule has 0 bridgehead atoms. The van der Waals surface area contributed by atoms with Gasteiger partial charge in [-0.25, -0.2) is 22.8 Å². The third-order valence-corrected chi connectivity index (χ3v) is 5.06. The first-order valence-electron chi connectivity index (χ1n) is 7.38. The molecule has 0 spiro atoms. The van der Waals surface area contributed by atoms with Gasteiger partial charge in [-0.1, -0.05) is 0 Å². The average molecular weight is 384 g/mol. The summed E-state index contributed by atoms with van der Waals surface area (Å²) in [7, 11) is -4.24. The van der Waals surface area contributed by atoms with Crippen molar-refractivity contribution >= 4 is 27.6 Å². The second-order valence-corrected chi connectivity index (χ2v) is 7.25.